The molecule has 0 fully saturated rings. The maximum atomic E-state index is 12.3. The summed E-state index contributed by atoms with van der Waals surface area (Å²) in [6.45, 7) is 0.440. The van der Waals surface area contributed by atoms with Gasteiger partial charge >= 0.3 is 12.4 Å². The summed E-state index contributed by atoms with van der Waals surface area (Å²) in [5, 5.41) is 2.40. The molecule has 1 nitrogen and oxygen atoms in total. The van der Waals surface area contributed by atoms with Crippen molar-refractivity contribution in [2.45, 2.75) is 19.3 Å². The highest BCUT2D eigenvalue weighted by Crippen LogP contribution is 2.31. The monoisotopic (exact) mass is 247 g/mol. The van der Waals surface area contributed by atoms with Gasteiger partial charge in [0, 0.05) is 12.1 Å². The van der Waals surface area contributed by atoms with Crippen LogP contribution in [0.5, 0.6) is 0 Å². The van der Waals surface area contributed by atoms with Crippen molar-refractivity contribution in [1.29, 1.82) is 0 Å². The Kier molecular flexibility index (Phi) is 5.05. The average Bonchev–Trinajstić information content (AvgIpc) is 2.08. The van der Waals surface area contributed by atoms with Crippen LogP contribution >= 0.6 is 0 Å². The molecule has 0 rings (SSSR count). The van der Waals surface area contributed by atoms with Crippen molar-refractivity contribution in [1.82, 2.24) is 5.32 Å². The lowest BCUT2D eigenvalue weighted by Crippen LogP contribution is -2.16. The second-order valence-corrected chi connectivity index (χ2v) is 3.04. The Hall–Kier alpha value is -0.980. The van der Waals surface area contributed by atoms with Gasteiger partial charge in [-0.1, -0.05) is 6.08 Å². The summed E-state index contributed by atoms with van der Waals surface area (Å²) < 4.78 is 73.0. The van der Waals surface area contributed by atoms with E-state index >= 15 is 0 Å². The minimum atomic E-state index is -4.79. The number of halogens is 6. The Balaban J connectivity index is 5.10. The van der Waals surface area contributed by atoms with E-state index in [-0.39, 0.29) is 12.6 Å². The summed E-state index contributed by atoms with van der Waals surface area (Å²) in [5.74, 6) is 0. The molecular formula is C9H11F6N. The van der Waals surface area contributed by atoms with Crippen molar-refractivity contribution in [2.24, 2.45) is 0 Å². The molecule has 0 unspecified atom stereocenters. The Morgan fingerprint density at radius 3 is 1.88 bits per heavy atom. The Morgan fingerprint density at radius 1 is 1.06 bits per heavy atom. The van der Waals surface area contributed by atoms with Crippen molar-refractivity contribution >= 4 is 0 Å². The maximum Gasteiger partial charge on any atom is 0.416 e. The normalized spacial score (nSPS) is 15.5. The highest BCUT2D eigenvalue weighted by molar-refractivity contribution is 5.29. The van der Waals surface area contributed by atoms with Crippen LogP contribution in [0, 0.1) is 0 Å². The summed E-state index contributed by atoms with van der Waals surface area (Å²) in [4.78, 5) is 0. The molecule has 0 aliphatic carbocycles. The van der Waals surface area contributed by atoms with Crippen LogP contribution in [0.25, 0.3) is 0 Å². The molecule has 0 aliphatic rings. The standard InChI is InChI=1S/C9H11F6N/c1-6(8(10,11)12)5-7(3-4-16-2)9(13,14)15/h3,5,16H,4H2,1-2H3/b6-5+,7-3+. The van der Waals surface area contributed by atoms with E-state index in [2.05, 4.69) is 5.32 Å². The molecule has 0 heterocycles. The molecule has 0 aliphatic heterocycles. The Labute approximate surface area is 88.8 Å². The summed E-state index contributed by atoms with van der Waals surface area (Å²) in [6.07, 6.45) is -8.78. The number of nitrogens with one attached hydrogen (secondary N) is 1. The number of allylic oxidation sites excluding steroid dienone is 3. The second kappa shape index (κ2) is 5.38. The zero-order valence-electron chi connectivity index (χ0n) is 8.63. The van der Waals surface area contributed by atoms with E-state index in [0.717, 1.165) is 0 Å². The number of likely N-dealkylation sites (N-methyl/N-ethyl adjacent to an activating group) is 1. The highest BCUT2D eigenvalue weighted by Gasteiger charge is 2.36. The van der Waals surface area contributed by atoms with Crippen molar-refractivity contribution in [2.75, 3.05) is 13.6 Å². The van der Waals surface area contributed by atoms with E-state index in [9.17, 15) is 26.3 Å². The molecule has 0 bridgehead atoms. The lowest BCUT2D eigenvalue weighted by atomic mass is 10.1. The van der Waals surface area contributed by atoms with E-state index in [1.54, 1.807) is 0 Å². The molecule has 0 atom stereocenters. The van der Waals surface area contributed by atoms with Gasteiger partial charge in [-0.2, -0.15) is 26.3 Å². The molecule has 0 aromatic rings. The van der Waals surface area contributed by atoms with Gasteiger partial charge in [-0.15, -0.1) is 0 Å². The first-order valence-electron chi connectivity index (χ1n) is 4.26. The first kappa shape index (κ1) is 15.0. The van der Waals surface area contributed by atoms with Crippen LogP contribution in [-0.2, 0) is 0 Å². The first-order valence-corrected chi connectivity index (χ1v) is 4.26. The van der Waals surface area contributed by atoms with Gasteiger partial charge in [-0.05, 0) is 20.0 Å². The third-order valence-electron chi connectivity index (χ3n) is 1.67. The minimum Gasteiger partial charge on any atom is -0.316 e. The SMILES string of the molecule is CNC/C=C(\C=C(/C)C(F)(F)F)C(F)(F)F. The quantitative estimate of drug-likeness (QED) is 0.596. The fraction of sp³-hybridized carbons (Fsp3) is 0.556. The fourth-order valence-corrected chi connectivity index (χ4v) is 0.784. The van der Waals surface area contributed by atoms with Gasteiger partial charge in [0.2, 0.25) is 0 Å². The van der Waals surface area contributed by atoms with Gasteiger partial charge in [0.05, 0.1) is 5.57 Å². The van der Waals surface area contributed by atoms with Crippen LogP contribution in [0.2, 0.25) is 0 Å². The lowest BCUT2D eigenvalue weighted by Gasteiger charge is -2.11. The number of alkyl halides is 6. The molecule has 0 amide bonds. The Bertz CT molecular complexity index is 283. The molecule has 16 heavy (non-hydrogen) atoms. The zero-order chi connectivity index (χ0) is 13.0. The molecule has 0 aromatic carbocycles. The Morgan fingerprint density at radius 2 is 1.56 bits per heavy atom. The van der Waals surface area contributed by atoms with E-state index in [0.29, 0.717) is 13.0 Å². The molecule has 94 valence electrons. The van der Waals surface area contributed by atoms with E-state index in [1.807, 2.05) is 0 Å². The van der Waals surface area contributed by atoms with Crippen molar-refractivity contribution in [3.8, 4) is 0 Å². The summed E-state index contributed by atoms with van der Waals surface area (Å²) >= 11 is 0. The zero-order valence-corrected chi connectivity index (χ0v) is 8.63. The molecule has 0 saturated heterocycles. The van der Waals surface area contributed by atoms with Crippen molar-refractivity contribution in [3.63, 3.8) is 0 Å². The predicted molar refractivity (Wildman–Crippen MR) is 47.9 cm³/mol. The lowest BCUT2D eigenvalue weighted by molar-refractivity contribution is -0.0954. The van der Waals surface area contributed by atoms with Crippen LogP contribution < -0.4 is 5.32 Å². The first-order chi connectivity index (χ1) is 7.09. The summed E-state index contributed by atoms with van der Waals surface area (Å²) in [6, 6.07) is 0. The maximum absolute atomic E-state index is 12.3. The minimum absolute atomic E-state index is 0.0946. The summed E-state index contributed by atoms with van der Waals surface area (Å²) in [5.41, 5.74) is -2.59. The van der Waals surface area contributed by atoms with Gasteiger partial charge in [-0.3, -0.25) is 0 Å². The molecule has 0 saturated carbocycles. The third kappa shape index (κ3) is 5.20. The number of hydrogen-bond donors (Lipinski definition) is 1. The van der Waals surface area contributed by atoms with Gasteiger partial charge in [0.25, 0.3) is 0 Å². The number of hydrogen-bond acceptors (Lipinski definition) is 1. The molecular weight excluding hydrogens is 236 g/mol. The summed E-state index contributed by atoms with van der Waals surface area (Å²) in [7, 11) is 1.39. The van der Waals surface area contributed by atoms with Crippen LogP contribution in [0.1, 0.15) is 6.92 Å². The van der Waals surface area contributed by atoms with E-state index < -0.39 is 23.5 Å². The van der Waals surface area contributed by atoms with Crippen LogP contribution in [0.15, 0.2) is 23.3 Å². The van der Waals surface area contributed by atoms with Gasteiger partial charge < -0.3 is 5.32 Å². The molecule has 0 radical (unpaired) electrons. The fourth-order valence-electron chi connectivity index (χ4n) is 0.784. The molecule has 1 N–H and O–H groups in total. The predicted octanol–water partition coefficient (Wildman–Crippen LogP) is 3.20. The van der Waals surface area contributed by atoms with E-state index in [1.165, 1.54) is 7.05 Å². The largest absolute Gasteiger partial charge is 0.416 e. The average molecular weight is 247 g/mol. The van der Waals surface area contributed by atoms with Crippen molar-refractivity contribution < 1.29 is 26.3 Å². The second-order valence-electron chi connectivity index (χ2n) is 3.04. The van der Waals surface area contributed by atoms with Gasteiger partial charge in [0.1, 0.15) is 0 Å². The topological polar surface area (TPSA) is 12.0 Å². The smallest absolute Gasteiger partial charge is 0.316 e. The molecule has 0 spiro atoms. The van der Waals surface area contributed by atoms with Gasteiger partial charge in [0.15, 0.2) is 0 Å². The van der Waals surface area contributed by atoms with E-state index in [4.69, 9.17) is 0 Å². The molecule has 7 heteroatoms. The van der Waals surface area contributed by atoms with Crippen LogP contribution in [-0.4, -0.2) is 25.9 Å². The molecule has 0 aromatic heterocycles. The number of rotatable bonds is 3. The van der Waals surface area contributed by atoms with Crippen LogP contribution in [0.3, 0.4) is 0 Å². The highest BCUT2D eigenvalue weighted by atomic mass is 19.4. The van der Waals surface area contributed by atoms with Crippen molar-refractivity contribution in [3.05, 3.63) is 23.3 Å². The van der Waals surface area contributed by atoms with Crippen LogP contribution in [0.4, 0.5) is 26.3 Å². The van der Waals surface area contributed by atoms with Gasteiger partial charge in [-0.25, -0.2) is 0 Å². The third-order valence-corrected chi connectivity index (χ3v) is 1.67.